The lowest BCUT2D eigenvalue weighted by Crippen LogP contribution is -2.39. The van der Waals surface area contributed by atoms with Gasteiger partial charge < -0.3 is 5.32 Å². The molecule has 1 N–H and O–H groups in total. The lowest BCUT2D eigenvalue weighted by Gasteiger charge is -2.33. The van der Waals surface area contributed by atoms with Crippen LogP contribution in [-0.4, -0.2) is 12.6 Å². The third-order valence-electron chi connectivity index (χ3n) is 4.54. The van der Waals surface area contributed by atoms with Crippen molar-refractivity contribution < 1.29 is 0 Å². The van der Waals surface area contributed by atoms with Crippen molar-refractivity contribution in [3.63, 3.8) is 0 Å². The quantitative estimate of drug-likeness (QED) is 0.773. The number of likely N-dealkylation sites (N-methyl/N-ethyl adjacent to an activating group) is 1. The molecule has 3 heteroatoms. The molecule has 1 aliphatic rings. The van der Waals surface area contributed by atoms with Gasteiger partial charge in [-0.1, -0.05) is 49.9 Å². The van der Waals surface area contributed by atoms with Gasteiger partial charge in [0.25, 0.3) is 0 Å². The molecule has 1 atom stereocenters. The zero-order valence-electron chi connectivity index (χ0n) is 12.5. The summed E-state index contributed by atoms with van der Waals surface area (Å²) in [7, 11) is 0. The lowest BCUT2D eigenvalue weighted by molar-refractivity contribution is 0.230. The maximum absolute atomic E-state index is 6.32. The van der Waals surface area contributed by atoms with E-state index < -0.39 is 0 Å². The maximum atomic E-state index is 6.32. The van der Waals surface area contributed by atoms with Gasteiger partial charge in [0.2, 0.25) is 0 Å². The molecule has 0 aliphatic heterocycles. The van der Waals surface area contributed by atoms with Crippen molar-refractivity contribution >= 4 is 23.2 Å². The molecule has 2 rings (SSSR count). The smallest absolute Gasteiger partial charge is 0.0439 e. The molecule has 1 unspecified atom stereocenters. The normalized spacial score (nSPS) is 24.6. The van der Waals surface area contributed by atoms with E-state index in [1.54, 1.807) is 0 Å². The van der Waals surface area contributed by atoms with Crippen LogP contribution in [0.5, 0.6) is 0 Å². The Morgan fingerprint density at radius 1 is 1.20 bits per heavy atom. The Labute approximate surface area is 133 Å². The molecular formula is C17H25Cl2N. The zero-order chi connectivity index (χ0) is 14.5. The predicted molar refractivity (Wildman–Crippen MR) is 88.8 cm³/mol. The molecule has 1 aliphatic carbocycles. The van der Waals surface area contributed by atoms with E-state index in [0.717, 1.165) is 34.8 Å². The van der Waals surface area contributed by atoms with Crippen LogP contribution in [0.15, 0.2) is 18.2 Å². The molecule has 0 radical (unpaired) electrons. The fourth-order valence-corrected chi connectivity index (χ4v) is 3.68. The van der Waals surface area contributed by atoms with Crippen molar-refractivity contribution in [2.75, 3.05) is 6.54 Å². The van der Waals surface area contributed by atoms with E-state index >= 15 is 0 Å². The van der Waals surface area contributed by atoms with Crippen molar-refractivity contribution in [1.29, 1.82) is 0 Å². The molecule has 20 heavy (non-hydrogen) atoms. The van der Waals surface area contributed by atoms with Crippen molar-refractivity contribution in [3.8, 4) is 0 Å². The Hall–Kier alpha value is -0.240. The predicted octanol–water partition coefficient (Wildman–Crippen LogP) is 5.34. The van der Waals surface area contributed by atoms with Gasteiger partial charge in [0.1, 0.15) is 0 Å². The third-order valence-corrected chi connectivity index (χ3v) is 5.15. The molecule has 0 heterocycles. The summed E-state index contributed by atoms with van der Waals surface area (Å²) >= 11 is 12.4. The SMILES string of the molecule is CCNC(Cc1cc(Cl)ccc1Cl)C1CCC(C)CC1. The molecule has 1 fully saturated rings. The summed E-state index contributed by atoms with van der Waals surface area (Å²) in [6, 6.07) is 6.30. The van der Waals surface area contributed by atoms with Crippen LogP contribution in [0, 0.1) is 11.8 Å². The van der Waals surface area contributed by atoms with E-state index in [4.69, 9.17) is 23.2 Å². The summed E-state index contributed by atoms with van der Waals surface area (Å²) in [5.41, 5.74) is 1.17. The first-order valence-electron chi connectivity index (χ1n) is 7.77. The second-order valence-corrected chi connectivity index (χ2v) is 6.97. The summed E-state index contributed by atoms with van der Waals surface area (Å²) < 4.78 is 0. The highest BCUT2D eigenvalue weighted by atomic mass is 35.5. The largest absolute Gasteiger partial charge is 0.314 e. The van der Waals surface area contributed by atoms with E-state index in [1.165, 1.54) is 31.2 Å². The van der Waals surface area contributed by atoms with Crippen molar-refractivity contribution in [1.82, 2.24) is 5.32 Å². The topological polar surface area (TPSA) is 12.0 Å². The Bertz CT molecular complexity index is 425. The highest BCUT2D eigenvalue weighted by Gasteiger charge is 2.26. The first-order valence-corrected chi connectivity index (χ1v) is 8.53. The second kappa shape index (κ2) is 7.68. The molecule has 1 nitrogen and oxygen atoms in total. The van der Waals surface area contributed by atoms with Crippen LogP contribution in [0.25, 0.3) is 0 Å². The van der Waals surface area contributed by atoms with Gasteiger partial charge in [-0.2, -0.15) is 0 Å². The minimum absolute atomic E-state index is 0.517. The van der Waals surface area contributed by atoms with Crippen LogP contribution in [-0.2, 0) is 6.42 Å². The van der Waals surface area contributed by atoms with Gasteiger partial charge in [0, 0.05) is 16.1 Å². The lowest BCUT2D eigenvalue weighted by atomic mass is 9.77. The van der Waals surface area contributed by atoms with Crippen LogP contribution < -0.4 is 5.32 Å². The summed E-state index contributed by atoms with van der Waals surface area (Å²) in [4.78, 5) is 0. The molecule has 112 valence electrons. The minimum Gasteiger partial charge on any atom is -0.314 e. The molecule has 0 spiro atoms. The molecule has 0 amide bonds. The summed E-state index contributed by atoms with van der Waals surface area (Å²) in [6.07, 6.45) is 6.35. The van der Waals surface area contributed by atoms with Gasteiger partial charge in [-0.05, 0) is 61.4 Å². The fraction of sp³-hybridized carbons (Fsp3) is 0.647. The Morgan fingerprint density at radius 2 is 1.90 bits per heavy atom. The van der Waals surface area contributed by atoms with Crippen LogP contribution in [0.3, 0.4) is 0 Å². The summed E-state index contributed by atoms with van der Waals surface area (Å²) in [5, 5.41) is 5.27. The summed E-state index contributed by atoms with van der Waals surface area (Å²) in [6.45, 7) is 5.55. The van der Waals surface area contributed by atoms with Gasteiger partial charge in [-0.3, -0.25) is 0 Å². The average Bonchev–Trinajstić information content (AvgIpc) is 2.43. The molecule has 0 bridgehead atoms. The Balaban J connectivity index is 2.06. The number of hydrogen-bond donors (Lipinski definition) is 1. The van der Waals surface area contributed by atoms with Crippen molar-refractivity contribution in [2.24, 2.45) is 11.8 Å². The van der Waals surface area contributed by atoms with Crippen LogP contribution in [0.4, 0.5) is 0 Å². The highest BCUT2D eigenvalue weighted by molar-refractivity contribution is 6.33. The molecule has 1 aromatic rings. The number of nitrogens with one attached hydrogen (secondary N) is 1. The van der Waals surface area contributed by atoms with Gasteiger partial charge in [0.05, 0.1) is 0 Å². The van der Waals surface area contributed by atoms with Gasteiger partial charge in [0.15, 0.2) is 0 Å². The van der Waals surface area contributed by atoms with E-state index in [1.807, 2.05) is 18.2 Å². The third kappa shape index (κ3) is 4.38. The van der Waals surface area contributed by atoms with Crippen LogP contribution >= 0.6 is 23.2 Å². The first kappa shape index (κ1) is 16.1. The zero-order valence-corrected chi connectivity index (χ0v) is 14.0. The van der Waals surface area contributed by atoms with Crippen LogP contribution in [0.2, 0.25) is 10.0 Å². The molecule has 0 aromatic heterocycles. The van der Waals surface area contributed by atoms with E-state index in [0.29, 0.717) is 6.04 Å². The number of rotatable bonds is 5. The Kier molecular flexibility index (Phi) is 6.20. The standard InChI is InChI=1S/C17H25Cl2N/c1-3-20-17(13-6-4-12(2)5-7-13)11-14-10-15(18)8-9-16(14)19/h8-10,12-13,17,20H,3-7,11H2,1-2H3. The Morgan fingerprint density at radius 3 is 2.55 bits per heavy atom. The summed E-state index contributed by atoms with van der Waals surface area (Å²) in [5.74, 6) is 1.66. The molecule has 1 saturated carbocycles. The fourth-order valence-electron chi connectivity index (χ4n) is 3.29. The van der Waals surface area contributed by atoms with Crippen molar-refractivity contribution in [3.05, 3.63) is 33.8 Å². The molecular weight excluding hydrogens is 289 g/mol. The molecule has 1 aromatic carbocycles. The second-order valence-electron chi connectivity index (χ2n) is 6.12. The minimum atomic E-state index is 0.517. The monoisotopic (exact) mass is 313 g/mol. The number of benzene rings is 1. The van der Waals surface area contributed by atoms with Crippen LogP contribution in [0.1, 0.15) is 45.1 Å². The van der Waals surface area contributed by atoms with E-state index in [9.17, 15) is 0 Å². The van der Waals surface area contributed by atoms with Gasteiger partial charge in [-0.15, -0.1) is 0 Å². The van der Waals surface area contributed by atoms with Gasteiger partial charge in [-0.25, -0.2) is 0 Å². The van der Waals surface area contributed by atoms with E-state index in [2.05, 4.69) is 19.2 Å². The average molecular weight is 314 g/mol. The highest BCUT2D eigenvalue weighted by Crippen LogP contribution is 2.32. The number of halogens is 2. The van der Waals surface area contributed by atoms with Gasteiger partial charge >= 0.3 is 0 Å². The maximum Gasteiger partial charge on any atom is 0.0439 e. The number of hydrogen-bond acceptors (Lipinski definition) is 1. The van der Waals surface area contributed by atoms with E-state index in [-0.39, 0.29) is 0 Å². The van der Waals surface area contributed by atoms with Crippen molar-refractivity contribution in [2.45, 2.75) is 52.0 Å². The first-order chi connectivity index (χ1) is 9.60. The molecule has 0 saturated heterocycles.